The number of aliphatic hydroxyl groups excluding tert-OH is 1. The third-order valence-electron chi connectivity index (χ3n) is 3.70. The molecule has 2 rings (SSSR count). The Morgan fingerprint density at radius 3 is 2.52 bits per heavy atom. The lowest BCUT2D eigenvalue weighted by Gasteiger charge is -2.17. The van der Waals surface area contributed by atoms with E-state index in [2.05, 4.69) is 0 Å². The second-order valence-corrected chi connectivity index (χ2v) is 5.42. The van der Waals surface area contributed by atoms with Crippen molar-refractivity contribution in [3.63, 3.8) is 0 Å². The van der Waals surface area contributed by atoms with E-state index in [1.807, 2.05) is 42.6 Å². The summed E-state index contributed by atoms with van der Waals surface area (Å²) in [6.07, 6.45) is -0.263. The number of quaternary nitrogens is 1. The fourth-order valence-corrected chi connectivity index (χ4v) is 2.37. The fraction of sp³-hybridized carbons (Fsp3) is 0.278. The Bertz CT molecular complexity index is 621. The Morgan fingerprint density at radius 1 is 1.17 bits per heavy atom. The van der Waals surface area contributed by atoms with E-state index in [0.29, 0.717) is 18.5 Å². The molecule has 0 spiro atoms. The molecular formula is C18H21ClFNO2. The van der Waals surface area contributed by atoms with E-state index in [1.165, 1.54) is 18.2 Å². The van der Waals surface area contributed by atoms with Crippen LogP contribution in [0.2, 0.25) is 0 Å². The van der Waals surface area contributed by atoms with Crippen LogP contribution >= 0.6 is 0 Å². The highest BCUT2D eigenvalue weighted by Crippen LogP contribution is 2.13. The topological polar surface area (TPSA) is 53.9 Å². The van der Waals surface area contributed by atoms with Gasteiger partial charge in [0.15, 0.2) is 5.78 Å². The van der Waals surface area contributed by atoms with Gasteiger partial charge in [0.05, 0.1) is 13.0 Å². The van der Waals surface area contributed by atoms with Crippen LogP contribution in [-0.2, 0) is 0 Å². The predicted molar refractivity (Wildman–Crippen MR) is 83.0 cm³/mol. The summed E-state index contributed by atoms with van der Waals surface area (Å²) < 4.78 is 13.1. The van der Waals surface area contributed by atoms with Gasteiger partial charge in [-0.2, -0.15) is 0 Å². The average molecular weight is 338 g/mol. The number of carbonyl (C=O) groups excluding carboxylic acids is 1. The molecular weight excluding hydrogens is 317 g/mol. The Balaban J connectivity index is 0.00000264. The summed E-state index contributed by atoms with van der Waals surface area (Å²) in [7, 11) is 0. The quantitative estimate of drug-likeness (QED) is 0.643. The molecule has 0 aliphatic heterocycles. The van der Waals surface area contributed by atoms with Gasteiger partial charge in [0.25, 0.3) is 0 Å². The Hall–Kier alpha value is -1.75. The van der Waals surface area contributed by atoms with E-state index in [-0.39, 0.29) is 24.2 Å². The number of ketones is 1. The lowest BCUT2D eigenvalue weighted by Crippen LogP contribution is -3.00. The molecule has 0 aromatic heterocycles. The van der Waals surface area contributed by atoms with Crippen LogP contribution in [0.3, 0.4) is 0 Å². The van der Waals surface area contributed by atoms with Crippen molar-refractivity contribution in [2.24, 2.45) is 0 Å². The van der Waals surface area contributed by atoms with Gasteiger partial charge in [-0.05, 0) is 24.6 Å². The zero-order chi connectivity index (χ0) is 15.9. The highest BCUT2D eigenvalue weighted by molar-refractivity contribution is 5.96. The molecule has 124 valence electrons. The van der Waals surface area contributed by atoms with Crippen LogP contribution in [0.4, 0.5) is 4.39 Å². The van der Waals surface area contributed by atoms with Crippen molar-refractivity contribution in [2.45, 2.75) is 25.5 Å². The first-order valence-electron chi connectivity index (χ1n) is 7.43. The molecule has 0 aliphatic rings. The standard InChI is InChI=1S/C18H20FNO2.ClH/c1-13(18(22)14-6-3-2-4-7-14)20-11-10-17(21)15-8-5-9-16(19)12-15;/h2-9,12-13,18,20,22H,10-11H2,1H3;1H. The van der Waals surface area contributed by atoms with Crippen LogP contribution in [0.1, 0.15) is 35.4 Å². The highest BCUT2D eigenvalue weighted by atomic mass is 35.5. The molecule has 2 unspecified atom stereocenters. The summed E-state index contributed by atoms with van der Waals surface area (Å²) in [5.41, 5.74) is 1.26. The van der Waals surface area contributed by atoms with E-state index in [9.17, 15) is 14.3 Å². The van der Waals surface area contributed by atoms with Gasteiger partial charge in [-0.1, -0.05) is 42.5 Å². The molecule has 23 heavy (non-hydrogen) atoms. The first-order valence-corrected chi connectivity index (χ1v) is 7.43. The zero-order valence-electron chi connectivity index (χ0n) is 13.0. The summed E-state index contributed by atoms with van der Waals surface area (Å²) >= 11 is 0. The maximum atomic E-state index is 13.1. The Kier molecular flexibility index (Phi) is 7.89. The summed E-state index contributed by atoms with van der Waals surface area (Å²) in [6.45, 7) is 2.48. The molecule has 3 N–H and O–H groups in total. The number of hydrogen-bond acceptors (Lipinski definition) is 2. The van der Waals surface area contributed by atoms with Gasteiger partial charge in [0.2, 0.25) is 0 Å². The molecule has 5 heteroatoms. The largest absolute Gasteiger partial charge is 1.00 e. The van der Waals surface area contributed by atoms with E-state index in [0.717, 1.165) is 5.56 Å². The number of halogens is 2. The van der Waals surface area contributed by atoms with Crippen LogP contribution in [0.25, 0.3) is 0 Å². The van der Waals surface area contributed by atoms with Gasteiger partial charge in [0, 0.05) is 5.56 Å². The number of nitrogens with two attached hydrogens (primary N) is 1. The van der Waals surface area contributed by atoms with Crippen molar-refractivity contribution in [1.82, 2.24) is 0 Å². The van der Waals surface area contributed by atoms with Crippen LogP contribution in [0.5, 0.6) is 0 Å². The SMILES string of the molecule is CC([NH2+]CCC(=O)c1cccc(F)c1)C(O)c1ccccc1.[Cl-]. The van der Waals surface area contributed by atoms with Gasteiger partial charge >= 0.3 is 0 Å². The first kappa shape index (κ1) is 19.3. The van der Waals surface area contributed by atoms with Crippen LogP contribution < -0.4 is 17.7 Å². The van der Waals surface area contributed by atoms with E-state index in [1.54, 1.807) is 6.07 Å². The minimum absolute atomic E-state index is 0. The number of rotatable bonds is 7. The van der Waals surface area contributed by atoms with Gasteiger partial charge < -0.3 is 22.8 Å². The molecule has 0 saturated carbocycles. The monoisotopic (exact) mass is 337 g/mol. The van der Waals surface area contributed by atoms with Crippen LogP contribution in [0, 0.1) is 5.82 Å². The summed E-state index contributed by atoms with van der Waals surface area (Å²) in [5, 5.41) is 12.2. The van der Waals surface area contributed by atoms with Gasteiger partial charge in [-0.25, -0.2) is 4.39 Å². The molecule has 0 amide bonds. The van der Waals surface area contributed by atoms with Gasteiger partial charge in [0.1, 0.15) is 18.0 Å². The summed E-state index contributed by atoms with van der Waals surface area (Å²) in [6, 6.07) is 15.1. The fourth-order valence-electron chi connectivity index (χ4n) is 2.37. The molecule has 0 aliphatic carbocycles. The second-order valence-electron chi connectivity index (χ2n) is 5.42. The number of Topliss-reactive ketones (excluding diaryl/α,β-unsaturated/α-hetero) is 1. The Morgan fingerprint density at radius 2 is 1.87 bits per heavy atom. The Labute approximate surface area is 142 Å². The van der Waals surface area contributed by atoms with Crippen molar-refractivity contribution >= 4 is 5.78 Å². The molecule has 0 bridgehead atoms. The lowest BCUT2D eigenvalue weighted by molar-refractivity contribution is -0.693. The van der Waals surface area contributed by atoms with Gasteiger partial charge in [-0.15, -0.1) is 0 Å². The predicted octanol–water partition coefficient (Wildman–Crippen LogP) is -0.912. The normalized spacial score (nSPS) is 13.0. The van der Waals surface area contributed by atoms with Crippen molar-refractivity contribution < 1.29 is 32.0 Å². The van der Waals surface area contributed by atoms with Crippen molar-refractivity contribution in [3.8, 4) is 0 Å². The number of carbonyl (C=O) groups is 1. The molecule has 0 fully saturated rings. The van der Waals surface area contributed by atoms with Crippen LogP contribution in [0.15, 0.2) is 54.6 Å². The van der Waals surface area contributed by atoms with Crippen molar-refractivity contribution in [2.75, 3.05) is 6.54 Å². The third-order valence-corrected chi connectivity index (χ3v) is 3.70. The number of hydrogen-bond donors (Lipinski definition) is 2. The van der Waals surface area contributed by atoms with Gasteiger partial charge in [-0.3, -0.25) is 4.79 Å². The molecule has 0 heterocycles. The molecule has 0 saturated heterocycles. The van der Waals surface area contributed by atoms with Crippen LogP contribution in [-0.4, -0.2) is 23.5 Å². The number of aliphatic hydroxyl groups is 1. The molecule has 2 aromatic rings. The minimum atomic E-state index is -0.578. The van der Waals surface area contributed by atoms with Crippen molar-refractivity contribution in [3.05, 3.63) is 71.5 Å². The lowest BCUT2D eigenvalue weighted by atomic mass is 10.0. The molecule has 0 radical (unpaired) electrons. The molecule has 3 nitrogen and oxygen atoms in total. The maximum Gasteiger partial charge on any atom is 0.168 e. The van der Waals surface area contributed by atoms with E-state index >= 15 is 0 Å². The smallest absolute Gasteiger partial charge is 0.168 e. The summed E-state index contributed by atoms with van der Waals surface area (Å²) in [4.78, 5) is 12.0. The second kappa shape index (κ2) is 9.40. The molecule has 2 aromatic carbocycles. The molecule has 2 atom stereocenters. The van der Waals surface area contributed by atoms with Crippen molar-refractivity contribution in [1.29, 1.82) is 0 Å². The highest BCUT2D eigenvalue weighted by Gasteiger charge is 2.19. The third kappa shape index (κ3) is 5.75. The first-order chi connectivity index (χ1) is 10.6. The average Bonchev–Trinajstić information content (AvgIpc) is 2.54. The van der Waals surface area contributed by atoms with E-state index in [4.69, 9.17) is 0 Å². The zero-order valence-corrected chi connectivity index (χ0v) is 13.7. The summed E-state index contributed by atoms with van der Waals surface area (Å²) in [5.74, 6) is -0.486. The maximum absolute atomic E-state index is 13.1. The van der Waals surface area contributed by atoms with E-state index < -0.39 is 11.9 Å². The minimum Gasteiger partial charge on any atom is -1.00 e. The number of benzene rings is 2.